The van der Waals surface area contributed by atoms with Gasteiger partial charge in [-0.2, -0.15) is 0 Å². The van der Waals surface area contributed by atoms with Crippen LogP contribution in [-0.2, 0) is 13.1 Å². The van der Waals surface area contributed by atoms with Crippen molar-refractivity contribution in [2.45, 2.75) is 26.9 Å². The van der Waals surface area contributed by atoms with Crippen LogP contribution in [0.15, 0.2) is 97.1 Å². The topological polar surface area (TPSA) is 51.0 Å². The standard InChI is InChI=1S/C33H42N6/c1-6-37(7-2)32-30(23-29(34)31(35-3)33(32)36(4)5)39(28-21-15-10-16-22-28)38(24-26-17-11-8-12-18-26)25-27-19-13-9-14-20-27/h8-23,35H,6-7,24-25,34H2,1-5H3. The molecule has 0 spiro atoms. The molecule has 0 amide bonds. The van der Waals surface area contributed by atoms with Gasteiger partial charge in [0.05, 0.1) is 34.1 Å². The number of hydrogen-bond acceptors (Lipinski definition) is 6. The number of hydrazine groups is 1. The van der Waals surface area contributed by atoms with Crippen molar-refractivity contribution >= 4 is 34.1 Å². The summed E-state index contributed by atoms with van der Waals surface area (Å²) in [5.41, 5.74) is 15.3. The third-order valence-corrected chi connectivity index (χ3v) is 6.99. The van der Waals surface area contributed by atoms with Gasteiger partial charge in [-0.05, 0) is 43.2 Å². The van der Waals surface area contributed by atoms with Crippen LogP contribution < -0.4 is 25.9 Å². The second-order valence-corrected chi connectivity index (χ2v) is 9.82. The highest BCUT2D eigenvalue weighted by molar-refractivity contribution is 6.00. The predicted octanol–water partition coefficient (Wildman–Crippen LogP) is 6.98. The normalized spacial score (nSPS) is 10.9. The third-order valence-electron chi connectivity index (χ3n) is 6.99. The van der Waals surface area contributed by atoms with Gasteiger partial charge in [0.15, 0.2) is 0 Å². The van der Waals surface area contributed by atoms with E-state index in [2.05, 4.69) is 150 Å². The first-order valence-electron chi connectivity index (χ1n) is 13.7. The molecule has 0 aliphatic heterocycles. The summed E-state index contributed by atoms with van der Waals surface area (Å²) in [5.74, 6) is 0. The predicted molar refractivity (Wildman–Crippen MR) is 169 cm³/mol. The van der Waals surface area contributed by atoms with Crippen LogP contribution in [0.4, 0.5) is 34.1 Å². The van der Waals surface area contributed by atoms with E-state index >= 15 is 0 Å². The molecule has 204 valence electrons. The van der Waals surface area contributed by atoms with Crippen molar-refractivity contribution in [2.75, 3.05) is 60.1 Å². The molecule has 0 fully saturated rings. The summed E-state index contributed by atoms with van der Waals surface area (Å²) in [4.78, 5) is 4.59. The fraction of sp³-hybridized carbons (Fsp3) is 0.273. The molecule has 6 nitrogen and oxygen atoms in total. The lowest BCUT2D eigenvalue weighted by atomic mass is 10.1. The van der Waals surface area contributed by atoms with E-state index in [1.165, 1.54) is 11.1 Å². The van der Waals surface area contributed by atoms with Crippen molar-refractivity contribution in [1.82, 2.24) is 5.01 Å². The maximum Gasteiger partial charge on any atom is 0.0883 e. The number of para-hydroxylation sites is 1. The Morgan fingerprint density at radius 1 is 0.692 bits per heavy atom. The highest BCUT2D eigenvalue weighted by Crippen LogP contribution is 2.49. The van der Waals surface area contributed by atoms with E-state index in [0.29, 0.717) is 5.69 Å². The van der Waals surface area contributed by atoms with E-state index in [1.54, 1.807) is 0 Å². The molecule has 0 unspecified atom stereocenters. The monoisotopic (exact) mass is 522 g/mol. The lowest BCUT2D eigenvalue weighted by Gasteiger charge is -2.41. The Morgan fingerprint density at radius 2 is 1.18 bits per heavy atom. The summed E-state index contributed by atoms with van der Waals surface area (Å²) >= 11 is 0. The summed E-state index contributed by atoms with van der Waals surface area (Å²) in [5, 5.41) is 8.15. The number of anilines is 6. The highest BCUT2D eigenvalue weighted by atomic mass is 15.6. The number of nitrogen functional groups attached to an aromatic ring is 1. The summed E-state index contributed by atoms with van der Waals surface area (Å²) in [6.45, 7) is 7.62. The molecule has 6 heteroatoms. The maximum absolute atomic E-state index is 6.79. The van der Waals surface area contributed by atoms with Crippen LogP contribution in [0.25, 0.3) is 0 Å². The smallest absolute Gasteiger partial charge is 0.0883 e. The number of hydrogen-bond donors (Lipinski definition) is 2. The molecule has 4 rings (SSSR count). The molecule has 4 aromatic carbocycles. The zero-order valence-electron chi connectivity index (χ0n) is 23.9. The Morgan fingerprint density at radius 3 is 1.62 bits per heavy atom. The van der Waals surface area contributed by atoms with E-state index in [-0.39, 0.29) is 0 Å². The number of benzene rings is 4. The van der Waals surface area contributed by atoms with Crippen LogP contribution in [0.1, 0.15) is 25.0 Å². The molecule has 4 aromatic rings. The van der Waals surface area contributed by atoms with Crippen LogP contribution in [0.2, 0.25) is 0 Å². The molecule has 0 aliphatic rings. The Labute approximate surface area is 234 Å². The van der Waals surface area contributed by atoms with Crippen LogP contribution in [0.5, 0.6) is 0 Å². The lowest BCUT2D eigenvalue weighted by Crippen LogP contribution is -2.40. The Balaban J connectivity index is 2.02. The van der Waals surface area contributed by atoms with E-state index in [9.17, 15) is 0 Å². The number of nitrogens with two attached hydrogens (primary N) is 1. The number of nitrogens with zero attached hydrogens (tertiary/aromatic N) is 4. The van der Waals surface area contributed by atoms with Crippen molar-refractivity contribution in [3.63, 3.8) is 0 Å². The molecule has 0 aromatic heterocycles. The molecule has 0 aliphatic carbocycles. The van der Waals surface area contributed by atoms with Gasteiger partial charge < -0.3 is 20.9 Å². The molecule has 0 atom stereocenters. The number of rotatable bonds is 12. The SMILES string of the molecule is CCN(CC)c1c(N(c2ccccc2)N(Cc2ccccc2)Cc2ccccc2)cc(N)c(NC)c1N(C)C. The molecule has 39 heavy (non-hydrogen) atoms. The first-order chi connectivity index (χ1) is 19.0. The van der Waals surface area contributed by atoms with Crippen molar-refractivity contribution < 1.29 is 0 Å². The Bertz CT molecular complexity index is 1260. The van der Waals surface area contributed by atoms with Gasteiger partial charge in [0.2, 0.25) is 0 Å². The first-order valence-corrected chi connectivity index (χ1v) is 13.7. The fourth-order valence-corrected chi connectivity index (χ4v) is 5.19. The Kier molecular flexibility index (Phi) is 9.34. The van der Waals surface area contributed by atoms with Gasteiger partial charge in [0.25, 0.3) is 0 Å². The first kappa shape index (κ1) is 27.9. The summed E-state index contributed by atoms with van der Waals surface area (Å²) in [6.07, 6.45) is 0. The van der Waals surface area contributed by atoms with Gasteiger partial charge >= 0.3 is 0 Å². The molecule has 3 N–H and O–H groups in total. The van der Waals surface area contributed by atoms with Gasteiger partial charge in [-0.25, -0.2) is 5.01 Å². The second kappa shape index (κ2) is 13.1. The molecule has 0 bridgehead atoms. The third kappa shape index (κ3) is 6.29. The molecule has 0 heterocycles. The highest BCUT2D eigenvalue weighted by Gasteiger charge is 2.29. The Hall–Kier alpha value is -4.16. The fourth-order valence-electron chi connectivity index (χ4n) is 5.19. The summed E-state index contributed by atoms with van der Waals surface area (Å²) in [6, 6.07) is 34.1. The van der Waals surface area contributed by atoms with Crippen LogP contribution >= 0.6 is 0 Å². The molecular weight excluding hydrogens is 480 g/mol. The quantitative estimate of drug-likeness (QED) is 0.155. The summed E-state index contributed by atoms with van der Waals surface area (Å²) < 4.78 is 0. The molecule has 0 saturated carbocycles. The van der Waals surface area contributed by atoms with E-state index < -0.39 is 0 Å². The minimum atomic E-state index is 0.715. The van der Waals surface area contributed by atoms with Crippen LogP contribution in [-0.4, -0.2) is 39.2 Å². The summed E-state index contributed by atoms with van der Waals surface area (Å²) in [7, 11) is 6.12. The second-order valence-electron chi connectivity index (χ2n) is 9.82. The van der Waals surface area contributed by atoms with E-state index in [4.69, 9.17) is 5.73 Å². The van der Waals surface area contributed by atoms with E-state index in [0.717, 1.165) is 54.6 Å². The zero-order valence-corrected chi connectivity index (χ0v) is 23.9. The van der Waals surface area contributed by atoms with E-state index in [1.807, 2.05) is 7.05 Å². The minimum absolute atomic E-state index is 0.715. The van der Waals surface area contributed by atoms with Gasteiger partial charge in [-0.15, -0.1) is 0 Å². The van der Waals surface area contributed by atoms with Gasteiger partial charge in [-0.1, -0.05) is 78.9 Å². The van der Waals surface area contributed by atoms with Crippen molar-refractivity contribution in [1.29, 1.82) is 0 Å². The van der Waals surface area contributed by atoms with Gasteiger partial charge in [-0.3, -0.25) is 5.01 Å². The van der Waals surface area contributed by atoms with Crippen molar-refractivity contribution in [3.8, 4) is 0 Å². The van der Waals surface area contributed by atoms with Crippen LogP contribution in [0, 0.1) is 0 Å². The molecular formula is C33H42N6. The van der Waals surface area contributed by atoms with Crippen molar-refractivity contribution in [3.05, 3.63) is 108 Å². The molecule has 0 saturated heterocycles. The average Bonchev–Trinajstić information content (AvgIpc) is 2.96. The maximum atomic E-state index is 6.79. The van der Waals surface area contributed by atoms with Gasteiger partial charge in [0.1, 0.15) is 0 Å². The lowest BCUT2D eigenvalue weighted by molar-refractivity contribution is 0.260. The van der Waals surface area contributed by atoms with Crippen LogP contribution in [0.3, 0.4) is 0 Å². The van der Waals surface area contributed by atoms with Gasteiger partial charge in [0, 0.05) is 47.3 Å². The zero-order chi connectivity index (χ0) is 27.8. The average molecular weight is 523 g/mol. The van der Waals surface area contributed by atoms with Crippen molar-refractivity contribution in [2.24, 2.45) is 0 Å². The largest absolute Gasteiger partial charge is 0.397 e. The minimum Gasteiger partial charge on any atom is -0.397 e. The number of nitrogens with one attached hydrogen (secondary N) is 1. The molecule has 0 radical (unpaired) electrons.